The standard InChI is InChI=1S/C19H24N4O4/c1-2-26-16-7-4-3-6-15(16)23-11-9-22(10-12-23)14-18(24)20-21-19(25)17-8-5-13-27-17/h3-8,13H,2,9-12,14H2,1H3,(H,20,24)(H,21,25)/p+1. The first-order chi connectivity index (χ1) is 13.2. The van der Waals surface area contributed by atoms with Gasteiger partial charge in [0.2, 0.25) is 0 Å². The second-order valence-electron chi connectivity index (χ2n) is 6.29. The maximum Gasteiger partial charge on any atom is 0.305 e. The van der Waals surface area contributed by atoms with Crippen molar-refractivity contribution in [3.8, 4) is 5.75 Å². The Morgan fingerprint density at radius 2 is 1.93 bits per heavy atom. The number of para-hydroxylation sites is 2. The number of carbonyl (C=O) groups excluding carboxylic acids is 2. The lowest BCUT2D eigenvalue weighted by Gasteiger charge is -2.34. The first-order valence-electron chi connectivity index (χ1n) is 9.10. The van der Waals surface area contributed by atoms with E-state index in [0.29, 0.717) is 13.2 Å². The molecule has 144 valence electrons. The number of nitrogens with zero attached hydrogens (tertiary/aromatic N) is 1. The number of amides is 2. The number of nitrogens with one attached hydrogen (secondary N) is 3. The van der Waals surface area contributed by atoms with Gasteiger partial charge in [0.1, 0.15) is 5.75 Å². The fourth-order valence-electron chi connectivity index (χ4n) is 3.10. The molecule has 2 amide bonds. The summed E-state index contributed by atoms with van der Waals surface area (Å²) in [6.45, 7) is 6.25. The van der Waals surface area contributed by atoms with Crippen molar-refractivity contribution >= 4 is 17.5 Å². The van der Waals surface area contributed by atoms with Crippen LogP contribution in [-0.4, -0.2) is 51.1 Å². The van der Waals surface area contributed by atoms with E-state index in [-0.39, 0.29) is 11.7 Å². The number of benzene rings is 1. The van der Waals surface area contributed by atoms with Gasteiger partial charge in [0.05, 0.1) is 44.7 Å². The van der Waals surface area contributed by atoms with Crippen molar-refractivity contribution in [2.45, 2.75) is 6.92 Å². The molecule has 1 saturated heterocycles. The maximum atomic E-state index is 12.1. The minimum atomic E-state index is -0.472. The summed E-state index contributed by atoms with van der Waals surface area (Å²) < 4.78 is 10.7. The summed E-state index contributed by atoms with van der Waals surface area (Å²) in [6.07, 6.45) is 1.41. The number of carbonyl (C=O) groups is 2. The predicted octanol–water partition coefficient (Wildman–Crippen LogP) is -0.156. The molecule has 0 spiro atoms. The molecule has 1 aromatic heterocycles. The van der Waals surface area contributed by atoms with E-state index >= 15 is 0 Å². The summed E-state index contributed by atoms with van der Waals surface area (Å²) in [4.78, 5) is 27.3. The third-order valence-corrected chi connectivity index (χ3v) is 4.45. The van der Waals surface area contributed by atoms with Crippen molar-refractivity contribution in [1.82, 2.24) is 10.9 Å². The normalized spacial score (nSPS) is 14.6. The Bertz CT molecular complexity index is 755. The molecule has 2 heterocycles. The lowest BCUT2D eigenvalue weighted by atomic mass is 10.2. The number of rotatable bonds is 6. The van der Waals surface area contributed by atoms with E-state index in [4.69, 9.17) is 9.15 Å². The summed E-state index contributed by atoms with van der Waals surface area (Å²) in [5, 5.41) is 0. The number of quaternary nitrogens is 1. The Morgan fingerprint density at radius 3 is 2.63 bits per heavy atom. The molecule has 3 N–H and O–H groups in total. The lowest BCUT2D eigenvalue weighted by molar-refractivity contribution is -0.892. The van der Waals surface area contributed by atoms with Crippen LogP contribution in [0.15, 0.2) is 47.1 Å². The van der Waals surface area contributed by atoms with Crippen LogP contribution in [0.1, 0.15) is 17.5 Å². The average Bonchev–Trinajstić information content (AvgIpc) is 3.22. The Kier molecular flexibility index (Phi) is 6.32. The molecule has 1 aromatic carbocycles. The van der Waals surface area contributed by atoms with Gasteiger partial charge in [-0.25, -0.2) is 0 Å². The molecule has 0 bridgehead atoms. The molecule has 0 saturated carbocycles. The highest BCUT2D eigenvalue weighted by Gasteiger charge is 2.24. The van der Waals surface area contributed by atoms with Gasteiger partial charge in [-0.3, -0.25) is 20.4 Å². The predicted molar refractivity (Wildman–Crippen MR) is 99.7 cm³/mol. The summed E-state index contributed by atoms with van der Waals surface area (Å²) in [5.41, 5.74) is 5.88. The molecule has 27 heavy (non-hydrogen) atoms. The van der Waals surface area contributed by atoms with Crippen molar-refractivity contribution in [3.05, 3.63) is 48.4 Å². The number of ether oxygens (including phenoxy) is 1. The Morgan fingerprint density at radius 1 is 1.15 bits per heavy atom. The molecular weight excluding hydrogens is 348 g/mol. The second-order valence-corrected chi connectivity index (χ2v) is 6.29. The highest BCUT2D eigenvalue weighted by atomic mass is 16.5. The molecule has 1 aliphatic rings. The van der Waals surface area contributed by atoms with Crippen molar-refractivity contribution in [3.63, 3.8) is 0 Å². The van der Waals surface area contributed by atoms with Crippen LogP contribution in [0.5, 0.6) is 5.75 Å². The SMILES string of the molecule is CCOc1ccccc1N1CC[NH+](CC(=O)NNC(=O)c2ccco2)CC1. The van der Waals surface area contributed by atoms with Crippen LogP contribution in [-0.2, 0) is 4.79 Å². The van der Waals surface area contributed by atoms with E-state index in [0.717, 1.165) is 37.6 Å². The Hall–Kier alpha value is -3.00. The van der Waals surface area contributed by atoms with Crippen molar-refractivity contribution < 1.29 is 23.6 Å². The molecule has 8 heteroatoms. The molecule has 8 nitrogen and oxygen atoms in total. The average molecular weight is 373 g/mol. The van der Waals surface area contributed by atoms with Crippen molar-refractivity contribution in [2.24, 2.45) is 0 Å². The zero-order valence-corrected chi connectivity index (χ0v) is 15.4. The van der Waals surface area contributed by atoms with Crippen LogP contribution in [0.3, 0.4) is 0 Å². The number of furan rings is 1. The molecule has 1 aliphatic heterocycles. The van der Waals surface area contributed by atoms with E-state index in [2.05, 4.69) is 21.8 Å². The summed E-state index contributed by atoms with van der Waals surface area (Å²) in [6, 6.07) is 11.2. The number of hydrazine groups is 1. The van der Waals surface area contributed by atoms with Crippen LogP contribution >= 0.6 is 0 Å². The van der Waals surface area contributed by atoms with Gasteiger partial charge in [-0.1, -0.05) is 12.1 Å². The van der Waals surface area contributed by atoms with Gasteiger partial charge in [-0.15, -0.1) is 0 Å². The van der Waals surface area contributed by atoms with Crippen molar-refractivity contribution in [2.75, 3.05) is 44.2 Å². The molecule has 0 aliphatic carbocycles. The molecule has 3 rings (SSSR count). The highest BCUT2D eigenvalue weighted by Crippen LogP contribution is 2.27. The minimum absolute atomic E-state index is 0.157. The third-order valence-electron chi connectivity index (χ3n) is 4.45. The van der Waals surface area contributed by atoms with E-state index in [1.807, 2.05) is 25.1 Å². The number of anilines is 1. The smallest absolute Gasteiger partial charge is 0.305 e. The molecule has 0 atom stereocenters. The highest BCUT2D eigenvalue weighted by molar-refractivity contribution is 5.92. The van der Waals surface area contributed by atoms with E-state index in [9.17, 15) is 9.59 Å². The number of piperazine rings is 1. The topological polar surface area (TPSA) is 88.3 Å². The van der Waals surface area contributed by atoms with Gasteiger partial charge in [0.15, 0.2) is 12.3 Å². The molecule has 1 fully saturated rings. The fraction of sp³-hybridized carbons (Fsp3) is 0.368. The van der Waals surface area contributed by atoms with E-state index in [1.165, 1.54) is 17.2 Å². The molecular formula is C19H25N4O4+. The number of hydrogen-bond donors (Lipinski definition) is 3. The second kappa shape index (κ2) is 9.09. The summed E-state index contributed by atoms with van der Waals surface area (Å²) in [7, 11) is 0. The van der Waals surface area contributed by atoms with Crippen LogP contribution in [0.25, 0.3) is 0 Å². The van der Waals surface area contributed by atoms with Gasteiger partial charge in [0.25, 0.3) is 5.91 Å². The Balaban J connectivity index is 1.44. The third kappa shape index (κ3) is 5.01. The van der Waals surface area contributed by atoms with Crippen LogP contribution in [0, 0.1) is 0 Å². The quantitative estimate of drug-likeness (QED) is 0.613. The zero-order chi connectivity index (χ0) is 19.1. The van der Waals surface area contributed by atoms with Gasteiger partial charge in [-0.05, 0) is 31.2 Å². The largest absolute Gasteiger partial charge is 0.492 e. The first-order valence-corrected chi connectivity index (χ1v) is 9.10. The Labute approximate surface area is 158 Å². The first kappa shape index (κ1) is 18.8. The van der Waals surface area contributed by atoms with E-state index in [1.54, 1.807) is 6.07 Å². The van der Waals surface area contributed by atoms with Crippen LogP contribution in [0.4, 0.5) is 5.69 Å². The number of hydrogen-bond acceptors (Lipinski definition) is 5. The van der Waals surface area contributed by atoms with Crippen molar-refractivity contribution in [1.29, 1.82) is 0 Å². The maximum absolute atomic E-state index is 12.1. The summed E-state index contributed by atoms with van der Waals surface area (Å²) >= 11 is 0. The fourth-order valence-corrected chi connectivity index (χ4v) is 3.10. The van der Waals surface area contributed by atoms with Gasteiger partial charge >= 0.3 is 5.91 Å². The molecule has 2 aromatic rings. The monoisotopic (exact) mass is 373 g/mol. The van der Waals surface area contributed by atoms with Gasteiger partial charge in [0, 0.05) is 0 Å². The molecule has 0 unspecified atom stereocenters. The van der Waals surface area contributed by atoms with Gasteiger partial charge in [-0.2, -0.15) is 0 Å². The van der Waals surface area contributed by atoms with Crippen LogP contribution in [0.2, 0.25) is 0 Å². The van der Waals surface area contributed by atoms with E-state index < -0.39 is 5.91 Å². The summed E-state index contributed by atoms with van der Waals surface area (Å²) in [5.74, 6) is 0.347. The van der Waals surface area contributed by atoms with Crippen LogP contribution < -0.4 is 25.4 Å². The zero-order valence-electron chi connectivity index (χ0n) is 15.4. The minimum Gasteiger partial charge on any atom is -0.492 e. The van der Waals surface area contributed by atoms with Gasteiger partial charge < -0.3 is 19.0 Å². The lowest BCUT2D eigenvalue weighted by Crippen LogP contribution is -3.16. The molecule has 0 radical (unpaired) electrons.